The number of hydrogen-bond donors (Lipinski definition) is 2. The Labute approximate surface area is 183 Å². The topological polar surface area (TPSA) is 106 Å². The van der Waals surface area contributed by atoms with Gasteiger partial charge in [0.2, 0.25) is 0 Å². The van der Waals surface area contributed by atoms with Crippen LogP contribution in [-0.4, -0.2) is 24.1 Å². The van der Waals surface area contributed by atoms with E-state index in [0.717, 1.165) is 31.3 Å². The van der Waals surface area contributed by atoms with E-state index < -0.39 is 17.5 Å². The van der Waals surface area contributed by atoms with E-state index in [4.69, 9.17) is 4.42 Å². The number of carbonyl (C=O) groups is 2. The predicted octanol–water partition coefficient (Wildman–Crippen LogP) is 5.19. The lowest BCUT2D eigenvalue weighted by Crippen LogP contribution is -2.16. The molecule has 1 heterocycles. The van der Waals surface area contributed by atoms with Gasteiger partial charge < -0.3 is 14.3 Å². The van der Waals surface area contributed by atoms with Gasteiger partial charge >= 0.3 is 11.7 Å². The van der Waals surface area contributed by atoms with Gasteiger partial charge in [0.05, 0.1) is 7.11 Å². The van der Waals surface area contributed by atoms with E-state index >= 15 is 0 Å². The standard InChI is InChI=1S/C24H33NO6/c1-5-6-8-11-17(2)13-14-18(3)22(27)21-20(26)16-19(31-23(21)28)12-9-7-10-15-25-24(29)30-4/h10,13-16,26H,5-9,11-12H2,1-4H3,(H,25,29)/b15-10+,17-13+,18-14+. The van der Waals surface area contributed by atoms with Crippen molar-refractivity contribution in [3.63, 3.8) is 0 Å². The molecule has 0 aliphatic heterocycles. The van der Waals surface area contributed by atoms with Crippen molar-refractivity contribution in [1.82, 2.24) is 5.32 Å². The maximum Gasteiger partial charge on any atom is 0.410 e. The maximum absolute atomic E-state index is 12.6. The Balaban J connectivity index is 2.74. The highest BCUT2D eigenvalue weighted by Crippen LogP contribution is 2.20. The average Bonchev–Trinajstić information content (AvgIpc) is 2.73. The van der Waals surface area contributed by atoms with E-state index in [1.54, 1.807) is 19.1 Å². The van der Waals surface area contributed by atoms with Crippen molar-refractivity contribution in [3.05, 3.63) is 63.4 Å². The van der Waals surface area contributed by atoms with Gasteiger partial charge in [-0.1, -0.05) is 43.6 Å². The second kappa shape index (κ2) is 14.0. The van der Waals surface area contributed by atoms with E-state index in [-0.39, 0.29) is 11.3 Å². The van der Waals surface area contributed by atoms with Crippen molar-refractivity contribution < 1.29 is 23.8 Å². The first-order valence-electron chi connectivity index (χ1n) is 10.5. The van der Waals surface area contributed by atoms with Gasteiger partial charge in [-0.25, -0.2) is 9.59 Å². The molecule has 7 heteroatoms. The van der Waals surface area contributed by atoms with Crippen LogP contribution < -0.4 is 10.9 Å². The third kappa shape index (κ3) is 9.51. The minimum absolute atomic E-state index is 0.293. The van der Waals surface area contributed by atoms with E-state index in [9.17, 15) is 19.5 Å². The van der Waals surface area contributed by atoms with Gasteiger partial charge in [-0.05, 0) is 45.1 Å². The summed E-state index contributed by atoms with van der Waals surface area (Å²) in [4.78, 5) is 35.8. The molecule has 0 saturated carbocycles. The summed E-state index contributed by atoms with van der Waals surface area (Å²) in [5, 5.41) is 12.6. The van der Waals surface area contributed by atoms with Crippen LogP contribution in [-0.2, 0) is 11.2 Å². The SMILES string of the molecule is CCCCC/C(C)=C/C=C(\C)C(=O)c1c(O)cc(CCC/C=C/NC(=O)OC)oc1=O. The molecular formula is C24H33NO6. The second-order valence-electron chi connectivity index (χ2n) is 7.34. The number of hydrogen-bond acceptors (Lipinski definition) is 6. The zero-order chi connectivity index (χ0) is 23.2. The number of carbonyl (C=O) groups excluding carboxylic acids is 2. The van der Waals surface area contributed by atoms with Crippen molar-refractivity contribution in [2.24, 2.45) is 0 Å². The largest absolute Gasteiger partial charge is 0.507 e. The summed E-state index contributed by atoms with van der Waals surface area (Å²) < 4.78 is 9.65. The average molecular weight is 432 g/mol. The zero-order valence-corrected chi connectivity index (χ0v) is 18.8. The van der Waals surface area contributed by atoms with Crippen LogP contribution in [0.1, 0.15) is 75.4 Å². The summed E-state index contributed by atoms with van der Waals surface area (Å²) in [5.74, 6) is -0.635. The molecular weight excluding hydrogens is 398 g/mol. The van der Waals surface area contributed by atoms with Crippen LogP contribution in [0.15, 0.2) is 50.9 Å². The Morgan fingerprint density at radius 2 is 1.94 bits per heavy atom. The highest BCUT2D eigenvalue weighted by atomic mass is 16.5. The van der Waals surface area contributed by atoms with Gasteiger partial charge in [0.15, 0.2) is 5.78 Å². The number of aromatic hydroxyl groups is 1. The second-order valence-corrected chi connectivity index (χ2v) is 7.34. The number of amides is 1. The molecule has 0 saturated heterocycles. The fraction of sp³-hybridized carbons (Fsp3) is 0.458. The Kier molecular flexibility index (Phi) is 11.7. The Morgan fingerprint density at radius 1 is 1.19 bits per heavy atom. The number of alkyl carbamates (subject to hydrolysis) is 1. The highest BCUT2D eigenvalue weighted by molar-refractivity contribution is 6.09. The summed E-state index contributed by atoms with van der Waals surface area (Å²) in [6.45, 7) is 5.76. The van der Waals surface area contributed by atoms with Crippen LogP contribution in [0.3, 0.4) is 0 Å². The summed E-state index contributed by atoms with van der Waals surface area (Å²) in [7, 11) is 1.27. The van der Waals surface area contributed by atoms with E-state index in [1.807, 2.05) is 13.0 Å². The molecule has 170 valence electrons. The lowest BCUT2D eigenvalue weighted by molar-refractivity contribution is 0.102. The van der Waals surface area contributed by atoms with Crippen molar-refractivity contribution >= 4 is 11.9 Å². The molecule has 0 aliphatic rings. The van der Waals surface area contributed by atoms with Gasteiger partial charge in [0.25, 0.3) is 0 Å². The molecule has 1 aromatic heterocycles. The van der Waals surface area contributed by atoms with Crippen molar-refractivity contribution in [2.75, 3.05) is 7.11 Å². The predicted molar refractivity (Wildman–Crippen MR) is 120 cm³/mol. The fourth-order valence-corrected chi connectivity index (χ4v) is 2.80. The molecule has 0 aromatic carbocycles. The minimum Gasteiger partial charge on any atom is -0.507 e. The molecule has 7 nitrogen and oxygen atoms in total. The van der Waals surface area contributed by atoms with Crippen molar-refractivity contribution in [3.8, 4) is 5.75 Å². The first kappa shape index (κ1) is 25.9. The minimum atomic E-state index is -0.848. The number of ketones is 1. The normalized spacial score (nSPS) is 12.3. The number of nitrogens with one attached hydrogen (secondary N) is 1. The van der Waals surface area contributed by atoms with Crippen LogP contribution in [0.4, 0.5) is 4.79 Å². The van der Waals surface area contributed by atoms with Gasteiger partial charge in [0.1, 0.15) is 17.1 Å². The smallest absolute Gasteiger partial charge is 0.410 e. The molecule has 1 rings (SSSR count). The van der Waals surface area contributed by atoms with Crippen LogP contribution in [0.2, 0.25) is 0 Å². The molecule has 0 bridgehead atoms. The summed E-state index contributed by atoms with van der Waals surface area (Å²) >= 11 is 0. The third-order valence-electron chi connectivity index (χ3n) is 4.66. The van der Waals surface area contributed by atoms with E-state index in [0.29, 0.717) is 30.6 Å². The third-order valence-corrected chi connectivity index (χ3v) is 4.66. The quantitative estimate of drug-likeness (QED) is 0.204. The summed E-state index contributed by atoms with van der Waals surface area (Å²) in [5.41, 5.74) is 0.312. The van der Waals surface area contributed by atoms with Crippen LogP contribution >= 0.6 is 0 Å². The Morgan fingerprint density at radius 3 is 2.58 bits per heavy atom. The van der Waals surface area contributed by atoms with Crippen LogP contribution in [0.5, 0.6) is 5.75 Å². The number of unbranched alkanes of at least 4 members (excludes halogenated alkanes) is 3. The van der Waals surface area contributed by atoms with Crippen LogP contribution in [0, 0.1) is 0 Å². The molecule has 0 atom stereocenters. The Hall–Kier alpha value is -3.09. The number of allylic oxidation sites excluding steroid dienone is 5. The number of rotatable bonds is 12. The van der Waals surface area contributed by atoms with Crippen LogP contribution in [0.25, 0.3) is 0 Å². The molecule has 0 fully saturated rings. The lowest BCUT2D eigenvalue weighted by atomic mass is 10.0. The maximum atomic E-state index is 12.6. The Bertz CT molecular complexity index is 892. The molecule has 31 heavy (non-hydrogen) atoms. The molecule has 0 unspecified atom stereocenters. The van der Waals surface area contributed by atoms with Gasteiger partial charge in [-0.15, -0.1) is 0 Å². The molecule has 1 amide bonds. The molecule has 0 aliphatic carbocycles. The van der Waals surface area contributed by atoms with Gasteiger partial charge in [0, 0.05) is 18.7 Å². The molecule has 1 aromatic rings. The first-order chi connectivity index (χ1) is 14.8. The molecule has 0 radical (unpaired) electrons. The highest BCUT2D eigenvalue weighted by Gasteiger charge is 2.20. The van der Waals surface area contributed by atoms with E-state index in [2.05, 4.69) is 17.0 Å². The fourth-order valence-electron chi connectivity index (χ4n) is 2.80. The molecule has 0 spiro atoms. The van der Waals surface area contributed by atoms with Gasteiger partial charge in [-0.3, -0.25) is 10.1 Å². The number of ether oxygens (including phenoxy) is 1. The number of Topliss-reactive ketones (excluding diaryl/α,β-unsaturated/α-hetero) is 1. The summed E-state index contributed by atoms with van der Waals surface area (Å²) in [6, 6.07) is 1.31. The van der Waals surface area contributed by atoms with Gasteiger partial charge in [-0.2, -0.15) is 0 Å². The lowest BCUT2D eigenvalue weighted by Gasteiger charge is -2.05. The monoisotopic (exact) mass is 431 g/mol. The first-order valence-corrected chi connectivity index (χ1v) is 10.5. The summed E-state index contributed by atoms with van der Waals surface area (Å²) in [6.07, 6.45) is 12.2. The molecule has 2 N–H and O–H groups in total. The number of methoxy groups -OCH3 is 1. The zero-order valence-electron chi connectivity index (χ0n) is 18.8. The van der Waals surface area contributed by atoms with Crippen molar-refractivity contribution in [2.45, 2.75) is 65.7 Å². The van der Waals surface area contributed by atoms with Crippen molar-refractivity contribution in [1.29, 1.82) is 0 Å². The van der Waals surface area contributed by atoms with E-state index in [1.165, 1.54) is 19.4 Å². The number of aryl methyl sites for hydroxylation is 1.